The molecule has 0 aliphatic rings. The zero-order chi connectivity index (χ0) is 9.14. The molecule has 0 saturated heterocycles. The zero-order valence-corrected chi connectivity index (χ0v) is 9.96. The summed E-state index contributed by atoms with van der Waals surface area (Å²) < 4.78 is 4.94. The average molecular weight is 188 g/mol. The van der Waals surface area contributed by atoms with Gasteiger partial charge in [0.2, 0.25) is 0 Å². The van der Waals surface area contributed by atoms with E-state index < -0.39 is 5.97 Å². The summed E-state index contributed by atoms with van der Waals surface area (Å²) in [7, 11) is 1.50. The maximum Gasteiger partial charge on any atom is 1.00 e. The number of carboxylic acid groups (broad SMARTS) is 1. The van der Waals surface area contributed by atoms with E-state index in [1.54, 1.807) is 19.1 Å². The van der Waals surface area contributed by atoms with Gasteiger partial charge in [0.25, 0.3) is 0 Å². The third-order valence-electron chi connectivity index (χ3n) is 1.72. The first-order valence-electron chi connectivity index (χ1n) is 3.51. The molecule has 0 spiro atoms. The molecule has 1 aromatic carbocycles. The Bertz CT molecular complexity index is 310. The standard InChI is InChI=1S/C9H10O3.Na/c1-6-7(9(10)11)4-3-5-8(6)12-2;/h3-5H,1-2H3,(H,10,11);/q;+1/p-1. The van der Waals surface area contributed by atoms with Crippen molar-refractivity contribution in [3.8, 4) is 5.75 Å². The summed E-state index contributed by atoms with van der Waals surface area (Å²) in [4.78, 5) is 10.5. The van der Waals surface area contributed by atoms with Crippen LogP contribution in [-0.2, 0) is 0 Å². The van der Waals surface area contributed by atoms with Crippen molar-refractivity contribution in [3.63, 3.8) is 0 Å². The minimum Gasteiger partial charge on any atom is -0.545 e. The molecule has 0 atom stereocenters. The van der Waals surface area contributed by atoms with Gasteiger partial charge < -0.3 is 14.6 Å². The maximum atomic E-state index is 10.5. The SMILES string of the molecule is COc1cccc(C(=O)[O-])c1C.[Na+]. The molecule has 0 bridgehead atoms. The van der Waals surface area contributed by atoms with Gasteiger partial charge in [-0.3, -0.25) is 0 Å². The molecular formula is C9H9NaO3. The Kier molecular flexibility index (Phi) is 5.06. The predicted octanol–water partition coefficient (Wildman–Crippen LogP) is -2.63. The molecule has 0 N–H and O–H groups in total. The third-order valence-corrected chi connectivity index (χ3v) is 1.72. The van der Waals surface area contributed by atoms with Gasteiger partial charge >= 0.3 is 29.6 Å². The molecule has 1 aromatic rings. The van der Waals surface area contributed by atoms with Crippen LogP contribution in [0.15, 0.2) is 18.2 Å². The Labute approximate surface area is 99.0 Å². The van der Waals surface area contributed by atoms with E-state index >= 15 is 0 Å². The molecule has 0 saturated carbocycles. The van der Waals surface area contributed by atoms with Crippen molar-refractivity contribution in [2.45, 2.75) is 6.92 Å². The molecular weight excluding hydrogens is 179 g/mol. The molecule has 13 heavy (non-hydrogen) atoms. The number of benzene rings is 1. The van der Waals surface area contributed by atoms with Crippen LogP contribution in [0.5, 0.6) is 5.75 Å². The minimum absolute atomic E-state index is 0. The van der Waals surface area contributed by atoms with Gasteiger partial charge in [-0.15, -0.1) is 0 Å². The topological polar surface area (TPSA) is 49.4 Å². The van der Waals surface area contributed by atoms with Crippen LogP contribution in [0.25, 0.3) is 0 Å². The zero-order valence-electron chi connectivity index (χ0n) is 7.96. The van der Waals surface area contributed by atoms with E-state index in [1.165, 1.54) is 13.2 Å². The smallest absolute Gasteiger partial charge is 0.545 e. The number of methoxy groups -OCH3 is 1. The molecule has 0 unspecified atom stereocenters. The second-order valence-corrected chi connectivity index (χ2v) is 2.42. The van der Waals surface area contributed by atoms with Crippen LogP contribution in [0.1, 0.15) is 15.9 Å². The van der Waals surface area contributed by atoms with Gasteiger partial charge in [-0.1, -0.05) is 12.1 Å². The van der Waals surface area contributed by atoms with Crippen molar-refractivity contribution in [1.82, 2.24) is 0 Å². The molecule has 4 heteroatoms. The summed E-state index contributed by atoms with van der Waals surface area (Å²) in [6, 6.07) is 4.83. The number of carbonyl (C=O) groups excluding carboxylic acids is 1. The Morgan fingerprint density at radius 1 is 1.46 bits per heavy atom. The van der Waals surface area contributed by atoms with Crippen molar-refractivity contribution in [3.05, 3.63) is 29.3 Å². The molecule has 0 heterocycles. The Morgan fingerprint density at radius 2 is 2.08 bits per heavy atom. The first-order chi connectivity index (χ1) is 5.66. The summed E-state index contributed by atoms with van der Waals surface area (Å²) in [6.45, 7) is 1.68. The Balaban J connectivity index is 0.00000144. The quantitative estimate of drug-likeness (QED) is 0.477. The molecule has 0 amide bonds. The second-order valence-electron chi connectivity index (χ2n) is 2.42. The van der Waals surface area contributed by atoms with E-state index in [4.69, 9.17) is 4.74 Å². The molecule has 0 fully saturated rings. The first kappa shape index (κ1) is 12.5. The van der Waals surface area contributed by atoms with Gasteiger partial charge in [0.1, 0.15) is 5.75 Å². The van der Waals surface area contributed by atoms with E-state index in [9.17, 15) is 9.90 Å². The summed E-state index contributed by atoms with van der Waals surface area (Å²) in [6.07, 6.45) is 0. The van der Waals surface area contributed by atoms with E-state index in [0.717, 1.165) is 0 Å². The van der Waals surface area contributed by atoms with Crippen molar-refractivity contribution in [2.75, 3.05) is 7.11 Å². The maximum absolute atomic E-state index is 10.5. The van der Waals surface area contributed by atoms with Crippen molar-refractivity contribution in [1.29, 1.82) is 0 Å². The van der Waals surface area contributed by atoms with Crippen LogP contribution in [0.4, 0.5) is 0 Å². The molecule has 0 aromatic heterocycles. The third kappa shape index (κ3) is 2.72. The summed E-state index contributed by atoms with van der Waals surface area (Å²) in [5.74, 6) is -0.608. The second kappa shape index (κ2) is 5.27. The van der Waals surface area contributed by atoms with E-state index in [1.807, 2.05) is 0 Å². The average Bonchev–Trinajstić information content (AvgIpc) is 2.04. The fraction of sp³-hybridized carbons (Fsp3) is 0.222. The van der Waals surface area contributed by atoms with Gasteiger partial charge in [0.05, 0.1) is 13.1 Å². The largest absolute Gasteiger partial charge is 1.00 e. The summed E-state index contributed by atoms with van der Waals surface area (Å²) in [5.41, 5.74) is 0.773. The Morgan fingerprint density at radius 3 is 2.54 bits per heavy atom. The molecule has 0 radical (unpaired) electrons. The monoisotopic (exact) mass is 188 g/mol. The molecule has 1 rings (SSSR count). The van der Waals surface area contributed by atoms with Crippen LogP contribution >= 0.6 is 0 Å². The first-order valence-corrected chi connectivity index (χ1v) is 3.51. The van der Waals surface area contributed by atoms with Gasteiger partial charge in [-0.05, 0) is 13.0 Å². The summed E-state index contributed by atoms with van der Waals surface area (Å²) >= 11 is 0. The van der Waals surface area contributed by atoms with Crippen molar-refractivity contribution >= 4 is 5.97 Å². The van der Waals surface area contributed by atoms with Crippen molar-refractivity contribution < 1.29 is 44.2 Å². The Hall–Kier alpha value is -0.510. The van der Waals surface area contributed by atoms with E-state index in [0.29, 0.717) is 11.3 Å². The van der Waals surface area contributed by atoms with Gasteiger partial charge in [-0.2, -0.15) is 0 Å². The number of ether oxygens (including phenoxy) is 1. The summed E-state index contributed by atoms with van der Waals surface area (Å²) in [5, 5.41) is 10.5. The normalized spacial score (nSPS) is 8.77. The number of carboxylic acids is 1. The fourth-order valence-electron chi connectivity index (χ4n) is 1.06. The van der Waals surface area contributed by atoms with Crippen LogP contribution in [0, 0.1) is 6.92 Å². The number of rotatable bonds is 2. The number of aromatic carboxylic acids is 1. The van der Waals surface area contributed by atoms with Crippen LogP contribution in [0.2, 0.25) is 0 Å². The molecule has 0 aliphatic carbocycles. The predicted molar refractivity (Wildman–Crippen MR) is 42.1 cm³/mol. The van der Waals surface area contributed by atoms with Crippen LogP contribution < -0.4 is 39.4 Å². The van der Waals surface area contributed by atoms with Gasteiger partial charge in [0, 0.05) is 11.1 Å². The van der Waals surface area contributed by atoms with E-state index in [-0.39, 0.29) is 35.1 Å². The van der Waals surface area contributed by atoms with Gasteiger partial charge in [0.15, 0.2) is 0 Å². The molecule has 64 valence electrons. The molecule has 3 nitrogen and oxygen atoms in total. The minimum atomic E-state index is -1.17. The van der Waals surface area contributed by atoms with Crippen LogP contribution in [-0.4, -0.2) is 13.1 Å². The van der Waals surface area contributed by atoms with Crippen molar-refractivity contribution in [2.24, 2.45) is 0 Å². The number of hydrogen-bond acceptors (Lipinski definition) is 3. The van der Waals surface area contributed by atoms with E-state index in [2.05, 4.69) is 0 Å². The van der Waals surface area contributed by atoms with Crippen LogP contribution in [0.3, 0.4) is 0 Å². The number of carbonyl (C=O) groups is 1. The molecule has 0 aliphatic heterocycles. The fourth-order valence-corrected chi connectivity index (χ4v) is 1.06. The number of hydrogen-bond donors (Lipinski definition) is 0. The van der Waals surface area contributed by atoms with Gasteiger partial charge in [-0.25, -0.2) is 0 Å².